The topological polar surface area (TPSA) is 74.6 Å². The first kappa shape index (κ1) is 14.4. The van der Waals surface area contributed by atoms with Gasteiger partial charge >= 0.3 is 0 Å². The van der Waals surface area contributed by atoms with E-state index < -0.39 is 0 Å². The van der Waals surface area contributed by atoms with E-state index in [-0.39, 0.29) is 0 Å². The molecule has 0 N–H and O–H groups in total. The minimum absolute atomic E-state index is 0.672. The van der Waals surface area contributed by atoms with Gasteiger partial charge in [0.05, 0.1) is 11.8 Å². The molecule has 0 aliphatic heterocycles. The molecule has 0 unspecified atom stereocenters. The molecule has 0 saturated carbocycles. The lowest BCUT2D eigenvalue weighted by molar-refractivity contribution is 0.400. The summed E-state index contributed by atoms with van der Waals surface area (Å²) in [5.41, 5.74) is 2.56. The van der Waals surface area contributed by atoms with Crippen LogP contribution in [0.4, 0.5) is 0 Å². The van der Waals surface area contributed by atoms with Gasteiger partial charge in [0, 0.05) is 18.7 Å². The van der Waals surface area contributed by atoms with Gasteiger partial charge in [0.25, 0.3) is 0 Å². The van der Waals surface area contributed by atoms with E-state index in [1.807, 2.05) is 57.3 Å². The zero-order valence-electron chi connectivity index (χ0n) is 13.6. The molecule has 3 heterocycles. The Morgan fingerprint density at radius 3 is 2.54 bits per heavy atom. The second-order valence-corrected chi connectivity index (χ2v) is 5.54. The van der Waals surface area contributed by atoms with Crippen LogP contribution in [-0.4, -0.2) is 29.7 Å². The summed E-state index contributed by atoms with van der Waals surface area (Å²) in [6.07, 6.45) is 1.73. The highest BCUT2D eigenvalue weighted by Gasteiger charge is 2.23. The van der Waals surface area contributed by atoms with E-state index in [2.05, 4.69) is 20.3 Å². The van der Waals surface area contributed by atoms with Crippen molar-refractivity contribution >= 4 is 0 Å². The van der Waals surface area contributed by atoms with Gasteiger partial charge in [0.2, 0.25) is 0 Å². The molecule has 0 amide bonds. The fourth-order valence-electron chi connectivity index (χ4n) is 2.74. The summed E-state index contributed by atoms with van der Waals surface area (Å²) < 4.78 is 8.99. The molecule has 0 saturated heterocycles. The van der Waals surface area contributed by atoms with Gasteiger partial charge in [-0.25, -0.2) is 4.98 Å². The summed E-state index contributed by atoms with van der Waals surface area (Å²) in [6, 6.07) is 11.8. The maximum absolute atomic E-state index is 5.46. The van der Waals surface area contributed by atoms with Gasteiger partial charge in [-0.05, 0) is 13.8 Å². The largest absolute Gasteiger partial charge is 0.360 e. The van der Waals surface area contributed by atoms with E-state index in [0.29, 0.717) is 17.4 Å². The maximum Gasteiger partial charge on any atom is 0.171 e. The van der Waals surface area contributed by atoms with E-state index in [0.717, 1.165) is 22.6 Å². The number of aromatic nitrogens is 6. The van der Waals surface area contributed by atoms with Crippen molar-refractivity contribution in [2.45, 2.75) is 13.8 Å². The van der Waals surface area contributed by atoms with Gasteiger partial charge in [0.15, 0.2) is 11.6 Å². The Morgan fingerprint density at radius 1 is 1.04 bits per heavy atom. The molecular formula is C17H16N6O. The molecular weight excluding hydrogens is 304 g/mol. The summed E-state index contributed by atoms with van der Waals surface area (Å²) in [7, 11) is 1.87. The minimum atomic E-state index is 0.672. The lowest BCUT2D eigenvalue weighted by Crippen LogP contribution is -2.06. The number of nitrogens with zero attached hydrogens (tertiary/aromatic N) is 6. The average Bonchev–Trinajstić information content (AvgIpc) is 3.26. The SMILES string of the molecule is Cc1nc(-c2c(-c3ccccc3)noc2C)n(-c2ccnn2C)n1. The van der Waals surface area contributed by atoms with Gasteiger partial charge in [-0.1, -0.05) is 35.5 Å². The fraction of sp³-hybridized carbons (Fsp3) is 0.176. The van der Waals surface area contributed by atoms with Crippen LogP contribution in [0.1, 0.15) is 11.6 Å². The third-order valence-electron chi connectivity index (χ3n) is 3.86. The van der Waals surface area contributed by atoms with Crippen molar-refractivity contribution in [2.75, 3.05) is 0 Å². The van der Waals surface area contributed by atoms with Crippen molar-refractivity contribution in [1.29, 1.82) is 0 Å². The van der Waals surface area contributed by atoms with E-state index in [9.17, 15) is 0 Å². The highest BCUT2D eigenvalue weighted by atomic mass is 16.5. The molecule has 7 nitrogen and oxygen atoms in total. The minimum Gasteiger partial charge on any atom is -0.360 e. The summed E-state index contributed by atoms with van der Waals surface area (Å²) in [6.45, 7) is 3.74. The second kappa shape index (κ2) is 5.45. The molecule has 0 spiro atoms. The molecule has 3 aromatic heterocycles. The Bertz CT molecular complexity index is 995. The summed E-state index contributed by atoms with van der Waals surface area (Å²) in [5.74, 6) is 2.88. The van der Waals surface area contributed by atoms with Crippen LogP contribution in [0.3, 0.4) is 0 Å². The lowest BCUT2D eigenvalue weighted by Gasteiger charge is -2.06. The normalized spacial score (nSPS) is 11.1. The fourth-order valence-corrected chi connectivity index (χ4v) is 2.74. The Balaban J connectivity index is 1.96. The van der Waals surface area contributed by atoms with Crippen LogP contribution >= 0.6 is 0 Å². The zero-order valence-corrected chi connectivity index (χ0v) is 13.6. The van der Waals surface area contributed by atoms with Crippen molar-refractivity contribution in [2.24, 2.45) is 7.05 Å². The van der Waals surface area contributed by atoms with Crippen molar-refractivity contribution in [3.05, 3.63) is 54.2 Å². The molecule has 4 aromatic rings. The molecule has 0 aliphatic rings. The number of aryl methyl sites for hydroxylation is 3. The van der Waals surface area contributed by atoms with Gasteiger partial charge < -0.3 is 4.52 Å². The van der Waals surface area contributed by atoms with Crippen LogP contribution in [0.5, 0.6) is 0 Å². The predicted molar refractivity (Wildman–Crippen MR) is 88.5 cm³/mol. The van der Waals surface area contributed by atoms with Crippen LogP contribution in [-0.2, 0) is 7.05 Å². The van der Waals surface area contributed by atoms with Gasteiger partial charge in [-0.2, -0.15) is 9.78 Å². The highest BCUT2D eigenvalue weighted by molar-refractivity contribution is 5.79. The average molecular weight is 320 g/mol. The lowest BCUT2D eigenvalue weighted by atomic mass is 10.1. The predicted octanol–water partition coefficient (Wildman–Crippen LogP) is 2.94. The van der Waals surface area contributed by atoms with Crippen LogP contribution < -0.4 is 0 Å². The van der Waals surface area contributed by atoms with E-state index in [1.165, 1.54) is 0 Å². The number of hydrogen-bond donors (Lipinski definition) is 0. The van der Waals surface area contributed by atoms with Crippen LogP contribution in [0.15, 0.2) is 47.1 Å². The second-order valence-electron chi connectivity index (χ2n) is 5.54. The molecule has 1 aromatic carbocycles. The van der Waals surface area contributed by atoms with Gasteiger partial charge in [-0.15, -0.1) is 5.10 Å². The Kier molecular flexibility index (Phi) is 3.26. The summed E-state index contributed by atoms with van der Waals surface area (Å²) in [5, 5.41) is 13.0. The molecule has 120 valence electrons. The van der Waals surface area contributed by atoms with Crippen molar-refractivity contribution in [1.82, 2.24) is 29.7 Å². The third-order valence-corrected chi connectivity index (χ3v) is 3.86. The first-order chi connectivity index (χ1) is 11.6. The Hall–Kier alpha value is -3.22. The number of rotatable bonds is 3. The summed E-state index contributed by atoms with van der Waals surface area (Å²) >= 11 is 0. The monoisotopic (exact) mass is 320 g/mol. The first-order valence-corrected chi connectivity index (χ1v) is 7.59. The molecule has 24 heavy (non-hydrogen) atoms. The Labute approximate surface area is 138 Å². The molecule has 4 rings (SSSR count). The van der Waals surface area contributed by atoms with Crippen molar-refractivity contribution in [3.8, 4) is 28.5 Å². The maximum atomic E-state index is 5.46. The molecule has 0 fully saturated rings. The molecule has 0 atom stereocenters. The molecule has 0 bridgehead atoms. The Morgan fingerprint density at radius 2 is 1.83 bits per heavy atom. The third kappa shape index (κ3) is 2.21. The van der Waals surface area contributed by atoms with Gasteiger partial charge in [-0.3, -0.25) is 4.68 Å². The van der Waals surface area contributed by atoms with E-state index in [4.69, 9.17) is 4.52 Å². The van der Waals surface area contributed by atoms with E-state index in [1.54, 1.807) is 15.6 Å². The highest BCUT2D eigenvalue weighted by Crippen LogP contribution is 2.34. The first-order valence-electron chi connectivity index (χ1n) is 7.59. The zero-order chi connectivity index (χ0) is 16.7. The van der Waals surface area contributed by atoms with Crippen LogP contribution in [0.25, 0.3) is 28.5 Å². The van der Waals surface area contributed by atoms with Crippen molar-refractivity contribution < 1.29 is 4.52 Å². The smallest absolute Gasteiger partial charge is 0.171 e. The van der Waals surface area contributed by atoms with Crippen LogP contribution in [0.2, 0.25) is 0 Å². The molecule has 0 aliphatic carbocycles. The number of hydrogen-bond acceptors (Lipinski definition) is 5. The standard InChI is InChI=1S/C17H16N6O/c1-11-15(16(21-24-11)13-7-5-4-6-8-13)17-19-12(2)20-23(17)14-9-10-18-22(14)3/h4-10H,1-3H3. The van der Waals surface area contributed by atoms with E-state index >= 15 is 0 Å². The molecule has 7 heteroatoms. The molecule has 0 radical (unpaired) electrons. The van der Waals surface area contributed by atoms with Gasteiger partial charge in [0.1, 0.15) is 17.3 Å². The van der Waals surface area contributed by atoms with Crippen LogP contribution in [0, 0.1) is 13.8 Å². The summed E-state index contributed by atoms with van der Waals surface area (Å²) in [4.78, 5) is 4.61. The number of benzene rings is 1. The van der Waals surface area contributed by atoms with Crippen molar-refractivity contribution in [3.63, 3.8) is 0 Å². The quantitative estimate of drug-likeness (QED) is 0.580.